The van der Waals surface area contributed by atoms with E-state index in [1.807, 2.05) is 0 Å². The fourth-order valence-corrected chi connectivity index (χ4v) is 3.11. The summed E-state index contributed by atoms with van der Waals surface area (Å²) in [6, 6.07) is 0. The number of nitrogens with one attached hydrogen (secondary N) is 1. The third kappa shape index (κ3) is 21.8. The largest absolute Gasteiger partial charge is 0.379 e. The van der Waals surface area contributed by atoms with Crippen molar-refractivity contribution in [3.63, 3.8) is 0 Å². The van der Waals surface area contributed by atoms with Crippen LogP contribution in [0.25, 0.3) is 0 Å². The van der Waals surface area contributed by atoms with Gasteiger partial charge in [0, 0.05) is 25.1 Å². The number of imide groups is 1. The van der Waals surface area contributed by atoms with Crippen LogP contribution in [0.5, 0.6) is 0 Å². The molecular formula is C27H48N2O11. The Hall–Kier alpha value is -1.97. The maximum Gasteiger partial charge on any atom is 0.253 e. The van der Waals surface area contributed by atoms with Crippen molar-refractivity contribution in [3.05, 3.63) is 12.2 Å². The Kier molecular flexibility index (Phi) is 24.5. The lowest BCUT2D eigenvalue weighted by Crippen LogP contribution is -2.33. The van der Waals surface area contributed by atoms with E-state index in [1.165, 1.54) is 12.2 Å². The summed E-state index contributed by atoms with van der Waals surface area (Å²) in [6.07, 6.45) is 4.94. The Bertz CT molecular complexity index is 661. The summed E-state index contributed by atoms with van der Waals surface area (Å²) < 4.78 is 43.3. The van der Waals surface area contributed by atoms with Gasteiger partial charge in [-0.25, -0.2) is 0 Å². The van der Waals surface area contributed by atoms with Gasteiger partial charge >= 0.3 is 0 Å². The molecule has 0 unspecified atom stereocenters. The van der Waals surface area contributed by atoms with Gasteiger partial charge in [-0.2, -0.15) is 0 Å². The van der Waals surface area contributed by atoms with Gasteiger partial charge < -0.3 is 43.2 Å². The van der Waals surface area contributed by atoms with E-state index in [9.17, 15) is 14.4 Å². The topological polar surface area (TPSA) is 140 Å². The van der Waals surface area contributed by atoms with Crippen LogP contribution >= 0.6 is 0 Å². The van der Waals surface area contributed by atoms with Crippen LogP contribution in [-0.4, -0.2) is 141 Å². The molecule has 0 fully saturated rings. The Balaban J connectivity index is 1.66. The molecule has 0 aromatic carbocycles. The van der Waals surface area contributed by atoms with Crippen LogP contribution in [0.15, 0.2) is 12.2 Å². The lowest BCUT2D eigenvalue weighted by Gasteiger charge is -2.13. The molecule has 0 radical (unpaired) electrons. The standard InChI is InChI=1S/C27H48N2O11/c1-2-3-7-28-25(30)6-9-33-11-13-35-15-17-37-19-21-39-23-24-40-22-20-38-18-16-36-14-12-34-10-8-29-26(31)4-5-27(29)32/h4-5H,2-3,6-24H2,1H3,(H,28,30). The molecule has 1 N–H and O–H groups in total. The molecule has 1 heterocycles. The molecule has 1 aliphatic rings. The summed E-state index contributed by atoms with van der Waals surface area (Å²) in [7, 11) is 0. The van der Waals surface area contributed by atoms with Crippen molar-refractivity contribution in [1.82, 2.24) is 10.2 Å². The molecule has 3 amide bonds. The molecule has 0 bridgehead atoms. The predicted molar refractivity (Wildman–Crippen MR) is 145 cm³/mol. The van der Waals surface area contributed by atoms with Crippen molar-refractivity contribution in [2.45, 2.75) is 26.2 Å². The Morgan fingerprint density at radius 2 is 0.950 bits per heavy atom. The van der Waals surface area contributed by atoms with Gasteiger partial charge in [-0.15, -0.1) is 0 Å². The second kappa shape index (κ2) is 27.2. The number of amides is 3. The van der Waals surface area contributed by atoms with Gasteiger partial charge in [-0.3, -0.25) is 19.3 Å². The highest BCUT2D eigenvalue weighted by atomic mass is 16.6. The molecule has 0 atom stereocenters. The zero-order valence-electron chi connectivity index (χ0n) is 23.9. The molecular weight excluding hydrogens is 528 g/mol. The monoisotopic (exact) mass is 576 g/mol. The fourth-order valence-electron chi connectivity index (χ4n) is 3.11. The van der Waals surface area contributed by atoms with Crippen LogP contribution in [0.4, 0.5) is 0 Å². The van der Waals surface area contributed by atoms with Gasteiger partial charge in [-0.1, -0.05) is 13.3 Å². The predicted octanol–water partition coefficient (Wildman–Crippen LogP) is 0.351. The Morgan fingerprint density at radius 1 is 0.600 bits per heavy atom. The number of unbranched alkanes of at least 4 members (excludes halogenated alkanes) is 1. The number of carbonyl (C=O) groups is 3. The average molecular weight is 577 g/mol. The fraction of sp³-hybridized carbons (Fsp3) is 0.815. The minimum absolute atomic E-state index is 0.0214. The van der Waals surface area contributed by atoms with Crippen LogP contribution in [0.2, 0.25) is 0 Å². The van der Waals surface area contributed by atoms with E-state index in [-0.39, 0.29) is 30.9 Å². The molecule has 0 aromatic rings. The lowest BCUT2D eigenvalue weighted by atomic mass is 10.3. The first-order valence-corrected chi connectivity index (χ1v) is 14.1. The van der Waals surface area contributed by atoms with Crippen molar-refractivity contribution >= 4 is 17.7 Å². The van der Waals surface area contributed by atoms with Crippen molar-refractivity contribution in [3.8, 4) is 0 Å². The van der Waals surface area contributed by atoms with Crippen LogP contribution < -0.4 is 5.32 Å². The average Bonchev–Trinajstić information content (AvgIpc) is 3.27. The van der Waals surface area contributed by atoms with Gasteiger partial charge in [0.05, 0.1) is 112 Å². The van der Waals surface area contributed by atoms with E-state index in [4.69, 9.17) is 37.9 Å². The van der Waals surface area contributed by atoms with Crippen molar-refractivity contribution in [1.29, 1.82) is 0 Å². The zero-order valence-corrected chi connectivity index (χ0v) is 23.9. The molecule has 0 spiro atoms. The molecule has 1 rings (SSSR count). The van der Waals surface area contributed by atoms with E-state index < -0.39 is 0 Å². The van der Waals surface area contributed by atoms with Crippen molar-refractivity contribution in [2.75, 3.05) is 119 Å². The Labute approximate surface area is 237 Å². The highest BCUT2D eigenvalue weighted by Gasteiger charge is 2.22. The van der Waals surface area contributed by atoms with E-state index in [1.54, 1.807) is 0 Å². The molecule has 1 aliphatic heterocycles. The van der Waals surface area contributed by atoms with Gasteiger partial charge in [-0.05, 0) is 6.42 Å². The van der Waals surface area contributed by atoms with Gasteiger partial charge in [0.2, 0.25) is 5.91 Å². The van der Waals surface area contributed by atoms with E-state index in [2.05, 4.69) is 12.2 Å². The minimum atomic E-state index is -0.307. The summed E-state index contributed by atoms with van der Waals surface area (Å²) in [5.74, 6) is -0.593. The first kappa shape index (κ1) is 36.1. The molecule has 40 heavy (non-hydrogen) atoms. The smallest absolute Gasteiger partial charge is 0.253 e. The van der Waals surface area contributed by atoms with E-state index >= 15 is 0 Å². The second-order valence-electron chi connectivity index (χ2n) is 8.51. The van der Waals surface area contributed by atoms with Crippen molar-refractivity contribution in [2.24, 2.45) is 0 Å². The molecule has 0 saturated heterocycles. The second-order valence-corrected chi connectivity index (χ2v) is 8.51. The summed E-state index contributed by atoms with van der Waals surface area (Å²) >= 11 is 0. The number of ether oxygens (including phenoxy) is 8. The SMILES string of the molecule is CCCCNC(=O)CCOCCOCCOCCOCCOCCOCCOCCOCCN1C(=O)C=CC1=O. The van der Waals surface area contributed by atoms with E-state index in [0.29, 0.717) is 106 Å². The molecule has 13 heteroatoms. The van der Waals surface area contributed by atoms with Crippen LogP contribution in [0, 0.1) is 0 Å². The summed E-state index contributed by atoms with van der Waals surface area (Å²) in [5, 5.41) is 2.85. The van der Waals surface area contributed by atoms with Crippen LogP contribution in [0.1, 0.15) is 26.2 Å². The first-order chi connectivity index (χ1) is 19.6. The number of hydrogen-bond acceptors (Lipinski definition) is 11. The third-order valence-electron chi connectivity index (χ3n) is 5.29. The van der Waals surface area contributed by atoms with Crippen molar-refractivity contribution < 1.29 is 52.3 Å². The minimum Gasteiger partial charge on any atom is -0.379 e. The molecule has 232 valence electrons. The molecule has 0 aliphatic carbocycles. The number of hydrogen-bond donors (Lipinski definition) is 1. The summed E-state index contributed by atoms with van der Waals surface area (Å²) in [5.41, 5.74) is 0. The molecule has 0 aromatic heterocycles. The van der Waals surface area contributed by atoms with Crippen LogP contribution in [-0.2, 0) is 52.3 Å². The number of carbonyl (C=O) groups excluding carboxylic acids is 3. The maximum absolute atomic E-state index is 11.5. The van der Waals surface area contributed by atoms with Gasteiger partial charge in [0.15, 0.2) is 0 Å². The Morgan fingerprint density at radius 3 is 1.32 bits per heavy atom. The maximum atomic E-state index is 11.5. The summed E-state index contributed by atoms with van der Waals surface area (Å²) in [4.78, 5) is 35.4. The number of rotatable bonds is 30. The highest BCUT2D eigenvalue weighted by Crippen LogP contribution is 2.02. The van der Waals surface area contributed by atoms with Gasteiger partial charge in [0.25, 0.3) is 11.8 Å². The lowest BCUT2D eigenvalue weighted by molar-refractivity contribution is -0.137. The highest BCUT2D eigenvalue weighted by molar-refractivity contribution is 6.12. The number of nitrogens with zero attached hydrogens (tertiary/aromatic N) is 1. The third-order valence-corrected chi connectivity index (χ3v) is 5.29. The van der Waals surface area contributed by atoms with E-state index in [0.717, 1.165) is 24.3 Å². The molecule has 13 nitrogen and oxygen atoms in total. The quantitative estimate of drug-likeness (QED) is 0.0936. The molecule has 0 saturated carbocycles. The normalized spacial score (nSPS) is 13.1. The zero-order chi connectivity index (χ0) is 28.9. The van der Waals surface area contributed by atoms with Gasteiger partial charge in [0.1, 0.15) is 0 Å². The first-order valence-electron chi connectivity index (χ1n) is 14.1. The van der Waals surface area contributed by atoms with Crippen LogP contribution in [0.3, 0.4) is 0 Å². The summed E-state index contributed by atoms with van der Waals surface area (Å²) in [6.45, 7) is 10.1.